The van der Waals surface area contributed by atoms with Gasteiger partial charge in [-0.1, -0.05) is 12.1 Å². The third-order valence-electron chi connectivity index (χ3n) is 3.40. The first-order valence-corrected chi connectivity index (χ1v) is 7.27. The number of pyridine rings is 1. The molecule has 0 spiro atoms. The largest absolute Gasteiger partial charge is 0.439 e. The molecule has 1 aromatic heterocycles. The van der Waals surface area contributed by atoms with Gasteiger partial charge >= 0.3 is 0 Å². The van der Waals surface area contributed by atoms with Gasteiger partial charge in [0.25, 0.3) is 0 Å². The van der Waals surface area contributed by atoms with Crippen LogP contribution in [0.25, 0.3) is 0 Å². The Morgan fingerprint density at radius 1 is 1.19 bits per heavy atom. The number of hydrogen-bond acceptors (Lipinski definition) is 4. The summed E-state index contributed by atoms with van der Waals surface area (Å²) in [6.07, 6.45) is 4.37. The summed E-state index contributed by atoms with van der Waals surface area (Å²) < 4.78 is 11.0. The zero-order valence-corrected chi connectivity index (χ0v) is 12.2. The summed E-state index contributed by atoms with van der Waals surface area (Å²) in [4.78, 5) is 4.27. The maximum Gasteiger partial charge on any atom is 0.219 e. The lowest BCUT2D eigenvalue weighted by molar-refractivity contribution is 0.184. The Kier molecular flexibility index (Phi) is 4.48. The van der Waals surface area contributed by atoms with Crippen molar-refractivity contribution < 1.29 is 9.47 Å². The normalized spacial score (nSPS) is 14.1. The molecule has 1 saturated carbocycles. The quantitative estimate of drug-likeness (QED) is 0.847. The third kappa shape index (κ3) is 4.28. The lowest BCUT2D eigenvalue weighted by Gasteiger charge is -2.08. The van der Waals surface area contributed by atoms with Gasteiger partial charge in [-0.05, 0) is 42.2 Å². The monoisotopic (exact) mass is 284 g/mol. The smallest absolute Gasteiger partial charge is 0.219 e. The topological polar surface area (TPSA) is 43.4 Å². The third-order valence-corrected chi connectivity index (χ3v) is 3.40. The average molecular weight is 284 g/mol. The Morgan fingerprint density at radius 2 is 2.10 bits per heavy atom. The summed E-state index contributed by atoms with van der Waals surface area (Å²) in [5.41, 5.74) is 2.28. The molecule has 1 fully saturated rings. The van der Waals surface area contributed by atoms with Crippen LogP contribution in [0.4, 0.5) is 0 Å². The van der Waals surface area contributed by atoms with Crippen molar-refractivity contribution in [2.24, 2.45) is 0 Å². The minimum atomic E-state index is 0.579. The van der Waals surface area contributed by atoms with Gasteiger partial charge < -0.3 is 14.8 Å². The van der Waals surface area contributed by atoms with Crippen LogP contribution in [0, 0.1) is 0 Å². The summed E-state index contributed by atoms with van der Waals surface area (Å²) in [5.74, 6) is 1.41. The van der Waals surface area contributed by atoms with Crippen molar-refractivity contribution in [3.8, 4) is 11.6 Å². The van der Waals surface area contributed by atoms with Crippen molar-refractivity contribution in [1.29, 1.82) is 0 Å². The molecule has 0 amide bonds. The van der Waals surface area contributed by atoms with Crippen molar-refractivity contribution in [3.05, 3.63) is 53.7 Å². The highest BCUT2D eigenvalue weighted by molar-refractivity contribution is 5.32. The Labute approximate surface area is 125 Å². The number of rotatable bonds is 7. The van der Waals surface area contributed by atoms with Gasteiger partial charge in [0.1, 0.15) is 5.75 Å². The molecule has 1 aliphatic carbocycles. The number of nitrogens with one attached hydrogen (secondary N) is 1. The number of nitrogens with zero attached hydrogens (tertiary/aromatic N) is 1. The predicted octanol–water partition coefficient (Wildman–Crippen LogP) is 3.27. The van der Waals surface area contributed by atoms with Gasteiger partial charge in [-0.3, -0.25) is 0 Å². The maximum absolute atomic E-state index is 5.83. The minimum absolute atomic E-state index is 0.579. The Balaban J connectivity index is 1.65. The van der Waals surface area contributed by atoms with Gasteiger partial charge in [0.2, 0.25) is 5.88 Å². The molecule has 0 unspecified atom stereocenters. The second-order valence-electron chi connectivity index (χ2n) is 5.34. The molecule has 1 aromatic carbocycles. The highest BCUT2D eigenvalue weighted by Gasteiger charge is 2.19. The number of ether oxygens (including phenoxy) is 2. The molecular weight excluding hydrogens is 264 g/mol. The van der Waals surface area contributed by atoms with Crippen LogP contribution in [-0.4, -0.2) is 18.1 Å². The molecule has 0 aliphatic heterocycles. The van der Waals surface area contributed by atoms with Crippen LogP contribution in [0.5, 0.6) is 11.6 Å². The first-order chi connectivity index (χ1) is 10.3. The van der Waals surface area contributed by atoms with Crippen LogP contribution in [-0.2, 0) is 17.9 Å². The van der Waals surface area contributed by atoms with E-state index in [1.165, 1.54) is 18.4 Å². The maximum atomic E-state index is 5.83. The highest BCUT2D eigenvalue weighted by atomic mass is 16.5. The number of hydrogen-bond donors (Lipinski definition) is 1. The summed E-state index contributed by atoms with van der Waals surface area (Å²) in [6.45, 7) is 1.45. The zero-order chi connectivity index (χ0) is 14.5. The van der Waals surface area contributed by atoms with E-state index in [4.69, 9.17) is 9.47 Å². The van der Waals surface area contributed by atoms with Crippen molar-refractivity contribution in [1.82, 2.24) is 10.3 Å². The van der Waals surface area contributed by atoms with Crippen LogP contribution < -0.4 is 10.1 Å². The van der Waals surface area contributed by atoms with E-state index in [1.807, 2.05) is 36.4 Å². The molecule has 110 valence electrons. The fourth-order valence-corrected chi connectivity index (χ4v) is 2.15. The van der Waals surface area contributed by atoms with Crippen LogP contribution in [0.3, 0.4) is 0 Å². The molecule has 2 aromatic rings. The molecule has 21 heavy (non-hydrogen) atoms. The molecule has 4 nitrogen and oxygen atoms in total. The number of aromatic nitrogens is 1. The highest BCUT2D eigenvalue weighted by Crippen LogP contribution is 2.23. The predicted molar refractivity (Wildman–Crippen MR) is 81.3 cm³/mol. The average Bonchev–Trinajstić information content (AvgIpc) is 3.31. The van der Waals surface area contributed by atoms with Gasteiger partial charge in [0, 0.05) is 32.0 Å². The lowest BCUT2D eigenvalue weighted by atomic mass is 10.2. The van der Waals surface area contributed by atoms with Crippen LogP contribution in [0.1, 0.15) is 24.0 Å². The van der Waals surface area contributed by atoms with E-state index in [0.29, 0.717) is 18.5 Å². The summed E-state index contributed by atoms with van der Waals surface area (Å²) >= 11 is 0. The van der Waals surface area contributed by atoms with E-state index in [9.17, 15) is 0 Å². The number of benzene rings is 1. The molecule has 1 N–H and O–H groups in total. The van der Waals surface area contributed by atoms with Gasteiger partial charge in [-0.25, -0.2) is 4.98 Å². The molecule has 0 bridgehead atoms. The summed E-state index contributed by atoms with van der Waals surface area (Å²) in [5, 5.41) is 3.49. The van der Waals surface area contributed by atoms with Crippen molar-refractivity contribution >= 4 is 0 Å². The van der Waals surface area contributed by atoms with E-state index in [2.05, 4.69) is 10.3 Å². The molecule has 0 saturated heterocycles. The van der Waals surface area contributed by atoms with Crippen LogP contribution in [0.2, 0.25) is 0 Å². The van der Waals surface area contributed by atoms with Gasteiger partial charge in [0.05, 0.1) is 6.61 Å². The van der Waals surface area contributed by atoms with Crippen molar-refractivity contribution in [2.45, 2.75) is 32.0 Å². The first-order valence-electron chi connectivity index (χ1n) is 7.27. The SMILES string of the molecule is COCc1cccc(Oc2cc(CNC3CC3)ccn2)c1. The minimum Gasteiger partial charge on any atom is -0.439 e. The fourth-order valence-electron chi connectivity index (χ4n) is 2.15. The van der Waals surface area contributed by atoms with Gasteiger partial charge in [0.15, 0.2) is 0 Å². The van der Waals surface area contributed by atoms with E-state index < -0.39 is 0 Å². The second-order valence-corrected chi connectivity index (χ2v) is 5.34. The van der Waals surface area contributed by atoms with Crippen LogP contribution >= 0.6 is 0 Å². The Morgan fingerprint density at radius 3 is 2.90 bits per heavy atom. The summed E-state index contributed by atoms with van der Waals surface area (Å²) in [7, 11) is 1.69. The molecule has 0 atom stereocenters. The Hall–Kier alpha value is -1.91. The van der Waals surface area contributed by atoms with Crippen molar-refractivity contribution in [2.75, 3.05) is 7.11 Å². The molecule has 1 aliphatic rings. The van der Waals surface area contributed by atoms with Crippen LogP contribution in [0.15, 0.2) is 42.6 Å². The fraction of sp³-hybridized carbons (Fsp3) is 0.353. The number of methoxy groups -OCH3 is 1. The van der Waals surface area contributed by atoms with E-state index >= 15 is 0 Å². The molecule has 3 rings (SSSR count). The van der Waals surface area contributed by atoms with E-state index in [0.717, 1.165) is 17.9 Å². The van der Waals surface area contributed by atoms with Gasteiger partial charge in [-0.2, -0.15) is 0 Å². The van der Waals surface area contributed by atoms with E-state index in [-0.39, 0.29) is 0 Å². The molecular formula is C17H20N2O2. The molecule has 4 heteroatoms. The van der Waals surface area contributed by atoms with E-state index in [1.54, 1.807) is 13.3 Å². The molecule has 0 radical (unpaired) electrons. The Bertz CT molecular complexity index is 597. The van der Waals surface area contributed by atoms with Crippen molar-refractivity contribution in [3.63, 3.8) is 0 Å². The first kappa shape index (κ1) is 14.0. The summed E-state index contributed by atoms with van der Waals surface area (Å²) in [6, 6.07) is 12.6. The molecule has 1 heterocycles. The lowest BCUT2D eigenvalue weighted by Crippen LogP contribution is -2.15. The van der Waals surface area contributed by atoms with Gasteiger partial charge in [-0.15, -0.1) is 0 Å². The zero-order valence-electron chi connectivity index (χ0n) is 12.2. The second kappa shape index (κ2) is 6.70. The standard InChI is InChI=1S/C17H20N2O2/c1-20-12-14-3-2-4-16(9-14)21-17-10-13(7-8-18-17)11-19-15-5-6-15/h2-4,7-10,15,19H,5-6,11-12H2,1H3.